The fraction of sp³-hybridized carbons (Fsp3) is 0.278. The molecular weight excluding hydrogens is 350 g/mol. The highest BCUT2D eigenvalue weighted by molar-refractivity contribution is 6.36. The second-order valence-corrected chi connectivity index (χ2v) is 6.28. The number of halogens is 3. The van der Waals surface area contributed by atoms with E-state index in [0.29, 0.717) is 6.54 Å². The minimum atomic E-state index is -0.657. The number of para-hydroxylation sites is 1. The van der Waals surface area contributed by atoms with Crippen molar-refractivity contribution in [2.24, 2.45) is 0 Å². The second kappa shape index (κ2) is 8.90. The van der Waals surface area contributed by atoms with E-state index in [1.807, 2.05) is 25.2 Å². The van der Waals surface area contributed by atoms with Gasteiger partial charge in [0.1, 0.15) is 5.82 Å². The van der Waals surface area contributed by atoms with E-state index in [4.69, 9.17) is 23.2 Å². The van der Waals surface area contributed by atoms with Crippen molar-refractivity contribution < 1.29 is 9.18 Å². The highest BCUT2D eigenvalue weighted by Gasteiger charge is 2.13. The summed E-state index contributed by atoms with van der Waals surface area (Å²) in [5.41, 5.74) is 1.25. The van der Waals surface area contributed by atoms with Crippen LogP contribution in [0.3, 0.4) is 0 Å². The van der Waals surface area contributed by atoms with E-state index in [1.54, 1.807) is 0 Å². The van der Waals surface area contributed by atoms with Gasteiger partial charge in [-0.15, -0.1) is 0 Å². The van der Waals surface area contributed by atoms with Crippen LogP contribution in [0.2, 0.25) is 10.0 Å². The lowest BCUT2D eigenvalue weighted by Crippen LogP contribution is -2.26. The van der Waals surface area contributed by atoms with Crippen molar-refractivity contribution in [2.45, 2.75) is 12.8 Å². The van der Waals surface area contributed by atoms with Gasteiger partial charge >= 0.3 is 0 Å². The van der Waals surface area contributed by atoms with Crippen LogP contribution >= 0.6 is 23.2 Å². The average Bonchev–Trinajstić information content (AvgIpc) is 2.58. The number of anilines is 1. The molecule has 0 heterocycles. The molecule has 3 nitrogen and oxygen atoms in total. The second-order valence-electron chi connectivity index (χ2n) is 5.47. The molecule has 0 aliphatic rings. The Bertz CT molecular complexity index is 695. The van der Waals surface area contributed by atoms with Crippen LogP contribution in [0.1, 0.15) is 23.2 Å². The minimum Gasteiger partial charge on any atom is -0.375 e. The number of carbonyl (C=O) groups excluding carboxylic acids is 1. The van der Waals surface area contributed by atoms with Crippen LogP contribution in [-0.2, 0) is 0 Å². The minimum absolute atomic E-state index is 0.0968. The number of rotatable bonds is 7. The van der Waals surface area contributed by atoms with Crippen LogP contribution in [-0.4, -0.2) is 26.0 Å². The predicted octanol–water partition coefficient (Wildman–Crippen LogP) is 4.78. The molecular formula is C18H19Cl2FN2O. The van der Waals surface area contributed by atoms with Crippen molar-refractivity contribution in [3.8, 4) is 0 Å². The Hall–Kier alpha value is -1.78. The van der Waals surface area contributed by atoms with Crippen molar-refractivity contribution in [1.29, 1.82) is 0 Å². The summed E-state index contributed by atoms with van der Waals surface area (Å²) in [6, 6.07) is 12.4. The molecule has 1 N–H and O–H groups in total. The topological polar surface area (TPSA) is 32.3 Å². The van der Waals surface area contributed by atoms with Gasteiger partial charge in [0.15, 0.2) is 0 Å². The highest BCUT2D eigenvalue weighted by atomic mass is 35.5. The fourth-order valence-corrected chi connectivity index (χ4v) is 2.75. The summed E-state index contributed by atoms with van der Waals surface area (Å²) in [7, 11) is 2.03. The number of nitrogens with one attached hydrogen (secondary N) is 1. The third kappa shape index (κ3) is 5.11. The lowest BCUT2D eigenvalue weighted by molar-refractivity contribution is 0.0953. The molecule has 0 spiro atoms. The van der Waals surface area contributed by atoms with Crippen LogP contribution in [0.5, 0.6) is 0 Å². The SMILES string of the molecule is CN(CCCCNC(=O)c1cc(F)c(Cl)cc1Cl)c1ccccc1. The molecule has 0 saturated carbocycles. The summed E-state index contributed by atoms with van der Waals surface area (Å²) in [5, 5.41) is 2.79. The lowest BCUT2D eigenvalue weighted by atomic mass is 10.2. The zero-order valence-electron chi connectivity index (χ0n) is 13.4. The summed E-state index contributed by atoms with van der Waals surface area (Å²) >= 11 is 11.5. The first-order valence-electron chi connectivity index (χ1n) is 7.68. The van der Waals surface area contributed by atoms with Gasteiger partial charge in [-0.05, 0) is 37.1 Å². The summed E-state index contributed by atoms with van der Waals surface area (Å²) in [6.07, 6.45) is 1.74. The van der Waals surface area contributed by atoms with Gasteiger partial charge in [-0.3, -0.25) is 4.79 Å². The Balaban J connectivity index is 1.74. The van der Waals surface area contributed by atoms with Crippen LogP contribution in [0.15, 0.2) is 42.5 Å². The lowest BCUT2D eigenvalue weighted by Gasteiger charge is -2.19. The maximum Gasteiger partial charge on any atom is 0.252 e. The van der Waals surface area contributed by atoms with Gasteiger partial charge in [-0.2, -0.15) is 0 Å². The number of unbranched alkanes of at least 4 members (excludes halogenated alkanes) is 1. The van der Waals surface area contributed by atoms with E-state index in [-0.39, 0.29) is 15.6 Å². The highest BCUT2D eigenvalue weighted by Crippen LogP contribution is 2.24. The molecule has 0 radical (unpaired) electrons. The summed E-state index contributed by atoms with van der Waals surface area (Å²) in [6.45, 7) is 1.39. The molecule has 2 rings (SSSR count). The van der Waals surface area contributed by atoms with Crippen LogP contribution in [0.25, 0.3) is 0 Å². The van der Waals surface area contributed by atoms with Gasteiger partial charge in [0.05, 0.1) is 15.6 Å². The quantitative estimate of drug-likeness (QED) is 0.563. The van der Waals surface area contributed by atoms with Crippen molar-refractivity contribution in [3.63, 3.8) is 0 Å². The van der Waals surface area contributed by atoms with Crippen molar-refractivity contribution in [3.05, 3.63) is 63.9 Å². The molecule has 0 atom stereocenters. The van der Waals surface area contributed by atoms with E-state index >= 15 is 0 Å². The van der Waals surface area contributed by atoms with Crippen molar-refractivity contribution in [2.75, 3.05) is 25.0 Å². The smallest absolute Gasteiger partial charge is 0.252 e. The summed E-state index contributed by atoms with van der Waals surface area (Å²) in [4.78, 5) is 14.2. The monoisotopic (exact) mass is 368 g/mol. The molecule has 128 valence electrons. The molecule has 0 saturated heterocycles. The number of carbonyl (C=O) groups is 1. The van der Waals surface area contributed by atoms with Gasteiger partial charge in [-0.25, -0.2) is 4.39 Å². The molecule has 0 unspecified atom stereocenters. The van der Waals surface area contributed by atoms with E-state index in [2.05, 4.69) is 22.3 Å². The van der Waals surface area contributed by atoms with Gasteiger partial charge in [-0.1, -0.05) is 41.4 Å². The number of amides is 1. The maximum atomic E-state index is 13.4. The zero-order valence-corrected chi connectivity index (χ0v) is 14.9. The first kappa shape index (κ1) is 18.6. The zero-order chi connectivity index (χ0) is 17.5. The molecule has 0 bridgehead atoms. The number of hydrogen-bond donors (Lipinski definition) is 1. The molecule has 6 heteroatoms. The van der Waals surface area contributed by atoms with Gasteiger partial charge in [0, 0.05) is 25.8 Å². The first-order valence-corrected chi connectivity index (χ1v) is 8.43. The Labute approximate surface area is 151 Å². The van der Waals surface area contributed by atoms with E-state index in [0.717, 1.165) is 31.1 Å². The Morgan fingerprint density at radius 1 is 1.12 bits per heavy atom. The van der Waals surface area contributed by atoms with Crippen molar-refractivity contribution >= 4 is 34.8 Å². The molecule has 0 aliphatic carbocycles. The molecule has 0 fully saturated rings. The van der Waals surface area contributed by atoms with Crippen molar-refractivity contribution in [1.82, 2.24) is 5.32 Å². The number of hydrogen-bond acceptors (Lipinski definition) is 2. The number of nitrogens with zero attached hydrogens (tertiary/aromatic N) is 1. The van der Waals surface area contributed by atoms with Gasteiger partial charge in [0.25, 0.3) is 5.91 Å². The normalized spacial score (nSPS) is 10.5. The Kier molecular flexibility index (Phi) is 6.88. The molecule has 2 aromatic carbocycles. The largest absolute Gasteiger partial charge is 0.375 e. The Morgan fingerprint density at radius 2 is 1.83 bits per heavy atom. The Morgan fingerprint density at radius 3 is 2.54 bits per heavy atom. The number of benzene rings is 2. The van der Waals surface area contributed by atoms with E-state index in [1.165, 1.54) is 6.07 Å². The molecule has 0 aromatic heterocycles. The van der Waals surface area contributed by atoms with E-state index in [9.17, 15) is 9.18 Å². The van der Waals surface area contributed by atoms with Crippen LogP contribution in [0, 0.1) is 5.82 Å². The standard InChI is InChI=1S/C18H19Cl2FN2O/c1-23(13-7-3-2-4-8-13)10-6-5-9-22-18(24)14-11-17(21)16(20)12-15(14)19/h2-4,7-8,11-12H,5-6,9-10H2,1H3,(H,22,24). The molecule has 24 heavy (non-hydrogen) atoms. The molecule has 2 aromatic rings. The van der Waals surface area contributed by atoms with Gasteiger partial charge in [0.2, 0.25) is 0 Å². The summed E-state index contributed by atoms with van der Waals surface area (Å²) < 4.78 is 13.4. The van der Waals surface area contributed by atoms with Crippen LogP contribution < -0.4 is 10.2 Å². The third-order valence-corrected chi connectivity index (χ3v) is 4.26. The third-order valence-electron chi connectivity index (χ3n) is 3.66. The van der Waals surface area contributed by atoms with Gasteiger partial charge < -0.3 is 10.2 Å². The van der Waals surface area contributed by atoms with Crippen LogP contribution in [0.4, 0.5) is 10.1 Å². The average molecular weight is 369 g/mol. The molecule has 0 aliphatic heterocycles. The maximum absolute atomic E-state index is 13.4. The predicted molar refractivity (Wildman–Crippen MR) is 97.7 cm³/mol. The molecule has 1 amide bonds. The van der Waals surface area contributed by atoms with E-state index < -0.39 is 11.7 Å². The fourth-order valence-electron chi connectivity index (χ4n) is 2.28. The first-order chi connectivity index (χ1) is 11.5. The summed E-state index contributed by atoms with van der Waals surface area (Å²) in [5.74, 6) is -1.05.